The molecule has 0 saturated carbocycles. The summed E-state index contributed by atoms with van der Waals surface area (Å²) in [7, 11) is -5.10. The van der Waals surface area contributed by atoms with Crippen molar-refractivity contribution >= 4 is 16.5 Å². The molecule has 0 aromatic rings. The van der Waals surface area contributed by atoms with E-state index in [0.717, 1.165) is 13.3 Å². The van der Waals surface area contributed by atoms with Gasteiger partial charge in [-0.1, -0.05) is 17.2 Å². The highest BCUT2D eigenvalue weighted by Gasteiger charge is 2.22. The summed E-state index contributed by atoms with van der Waals surface area (Å²) < 4.78 is 40.2. The van der Waals surface area contributed by atoms with Gasteiger partial charge in [0, 0.05) is 0 Å². The SMILES string of the molecule is CCCCOC(=O)C(C)OS(=O)(=O)F. The van der Waals surface area contributed by atoms with Crippen molar-refractivity contribution in [2.75, 3.05) is 6.61 Å². The fourth-order valence-electron chi connectivity index (χ4n) is 0.646. The normalized spacial score (nSPS) is 13.6. The molecule has 0 bridgehead atoms. The molecule has 1 unspecified atom stereocenters. The Hall–Kier alpha value is -0.690. The lowest BCUT2D eigenvalue weighted by Gasteiger charge is -2.08. The van der Waals surface area contributed by atoms with Crippen LogP contribution in [-0.2, 0) is 24.2 Å². The Kier molecular flexibility index (Phi) is 5.63. The van der Waals surface area contributed by atoms with E-state index < -0.39 is 22.6 Å². The first-order valence-corrected chi connectivity index (χ1v) is 5.47. The Balaban J connectivity index is 3.88. The summed E-state index contributed by atoms with van der Waals surface area (Å²) in [6.07, 6.45) is 0.0620. The second-order valence-electron chi connectivity index (χ2n) is 2.65. The van der Waals surface area contributed by atoms with Crippen molar-refractivity contribution in [2.24, 2.45) is 0 Å². The van der Waals surface area contributed by atoms with Crippen molar-refractivity contribution < 1.29 is 26.0 Å². The van der Waals surface area contributed by atoms with Gasteiger partial charge in [0.25, 0.3) is 0 Å². The van der Waals surface area contributed by atoms with Gasteiger partial charge in [-0.15, -0.1) is 0 Å². The summed E-state index contributed by atoms with van der Waals surface area (Å²) in [5, 5.41) is 0. The van der Waals surface area contributed by atoms with Gasteiger partial charge in [-0.25, -0.2) is 8.98 Å². The van der Waals surface area contributed by atoms with Crippen LogP contribution >= 0.6 is 0 Å². The Morgan fingerprint density at radius 3 is 2.50 bits per heavy atom. The van der Waals surface area contributed by atoms with Gasteiger partial charge in [0.1, 0.15) is 0 Å². The molecular formula is C7H13FO5S. The maximum Gasteiger partial charge on any atom is 0.438 e. The summed E-state index contributed by atoms with van der Waals surface area (Å²) in [5.41, 5.74) is 0. The van der Waals surface area contributed by atoms with Crippen molar-refractivity contribution in [3.63, 3.8) is 0 Å². The Bertz CT molecular complexity index is 274. The third kappa shape index (κ3) is 6.79. The van der Waals surface area contributed by atoms with Gasteiger partial charge < -0.3 is 4.74 Å². The van der Waals surface area contributed by atoms with Crippen molar-refractivity contribution in [3.05, 3.63) is 0 Å². The van der Waals surface area contributed by atoms with Crippen LogP contribution in [0.5, 0.6) is 0 Å². The lowest BCUT2D eigenvalue weighted by atomic mass is 10.3. The van der Waals surface area contributed by atoms with Gasteiger partial charge >= 0.3 is 16.5 Å². The monoisotopic (exact) mass is 228 g/mol. The molecule has 0 N–H and O–H groups in total. The predicted molar refractivity (Wildman–Crippen MR) is 46.4 cm³/mol. The molecular weight excluding hydrogens is 215 g/mol. The van der Waals surface area contributed by atoms with Crippen molar-refractivity contribution in [2.45, 2.75) is 32.8 Å². The summed E-state index contributed by atoms with van der Waals surface area (Å²) >= 11 is 0. The number of hydrogen-bond donors (Lipinski definition) is 0. The molecule has 0 spiro atoms. The fourth-order valence-corrected chi connectivity index (χ4v) is 1.07. The van der Waals surface area contributed by atoms with Crippen LogP contribution in [0.3, 0.4) is 0 Å². The maximum atomic E-state index is 11.9. The summed E-state index contributed by atoms with van der Waals surface area (Å²) in [6.45, 7) is 3.18. The number of halogens is 1. The van der Waals surface area contributed by atoms with E-state index >= 15 is 0 Å². The second-order valence-corrected chi connectivity index (χ2v) is 3.63. The summed E-state index contributed by atoms with van der Waals surface area (Å²) in [6, 6.07) is 0. The lowest BCUT2D eigenvalue weighted by molar-refractivity contribution is -0.151. The fraction of sp³-hybridized carbons (Fsp3) is 0.857. The molecule has 1 atom stereocenters. The van der Waals surface area contributed by atoms with E-state index in [9.17, 15) is 17.1 Å². The van der Waals surface area contributed by atoms with Gasteiger partial charge in [-0.3, -0.25) is 0 Å². The molecule has 14 heavy (non-hydrogen) atoms. The van der Waals surface area contributed by atoms with Crippen LogP contribution in [0.1, 0.15) is 26.7 Å². The first kappa shape index (κ1) is 13.3. The highest BCUT2D eigenvalue weighted by atomic mass is 32.3. The minimum Gasteiger partial charge on any atom is -0.464 e. The first-order valence-electron chi connectivity index (χ1n) is 4.16. The molecule has 0 amide bonds. The third-order valence-corrected chi connectivity index (χ3v) is 1.85. The number of carbonyl (C=O) groups excluding carboxylic acids is 1. The zero-order valence-corrected chi connectivity index (χ0v) is 8.84. The van der Waals surface area contributed by atoms with Gasteiger partial charge in [0.15, 0.2) is 6.10 Å². The standard InChI is InChI=1S/C7H13FO5S/c1-3-4-5-12-7(9)6(2)13-14(8,10)11/h6H,3-5H2,1-2H3. The molecule has 0 aliphatic heterocycles. The maximum absolute atomic E-state index is 11.9. The molecule has 0 aromatic heterocycles. The van der Waals surface area contributed by atoms with E-state index in [1.807, 2.05) is 6.92 Å². The van der Waals surface area contributed by atoms with E-state index in [-0.39, 0.29) is 6.61 Å². The van der Waals surface area contributed by atoms with Crippen LogP contribution in [0.2, 0.25) is 0 Å². The Morgan fingerprint density at radius 2 is 2.07 bits per heavy atom. The van der Waals surface area contributed by atoms with Crippen molar-refractivity contribution in [3.8, 4) is 0 Å². The second kappa shape index (κ2) is 5.92. The first-order chi connectivity index (χ1) is 6.37. The predicted octanol–water partition coefficient (Wildman–Crippen LogP) is 0.949. The van der Waals surface area contributed by atoms with Crippen molar-refractivity contribution in [1.29, 1.82) is 0 Å². The molecule has 0 aromatic carbocycles. The minimum absolute atomic E-state index is 0.176. The Morgan fingerprint density at radius 1 is 1.50 bits per heavy atom. The number of unbranched alkanes of at least 4 members (excludes halogenated alkanes) is 1. The molecule has 7 heteroatoms. The van der Waals surface area contributed by atoms with Crippen LogP contribution in [0, 0.1) is 0 Å². The van der Waals surface area contributed by atoms with Gasteiger partial charge in [0.2, 0.25) is 0 Å². The number of esters is 1. The number of hydrogen-bond acceptors (Lipinski definition) is 5. The molecule has 0 aliphatic carbocycles. The minimum atomic E-state index is -5.10. The van der Waals surface area contributed by atoms with Crippen LogP contribution in [0.4, 0.5) is 3.89 Å². The number of ether oxygens (including phenoxy) is 1. The molecule has 0 heterocycles. The van der Waals surface area contributed by atoms with Gasteiger partial charge in [0.05, 0.1) is 6.61 Å². The molecule has 5 nitrogen and oxygen atoms in total. The highest BCUT2D eigenvalue weighted by molar-refractivity contribution is 7.81. The number of rotatable bonds is 6. The lowest BCUT2D eigenvalue weighted by Crippen LogP contribution is -2.25. The zero-order valence-electron chi connectivity index (χ0n) is 8.03. The molecule has 0 fully saturated rings. The zero-order chi connectivity index (χ0) is 11.2. The van der Waals surface area contributed by atoms with E-state index in [2.05, 4.69) is 8.92 Å². The van der Waals surface area contributed by atoms with Crippen molar-refractivity contribution in [1.82, 2.24) is 0 Å². The molecule has 0 saturated heterocycles. The van der Waals surface area contributed by atoms with E-state index in [0.29, 0.717) is 6.42 Å². The largest absolute Gasteiger partial charge is 0.464 e. The third-order valence-electron chi connectivity index (χ3n) is 1.33. The average Bonchev–Trinajstić information content (AvgIpc) is 2.01. The molecule has 0 rings (SSSR count). The van der Waals surface area contributed by atoms with Crippen LogP contribution < -0.4 is 0 Å². The quantitative estimate of drug-likeness (QED) is 0.384. The van der Waals surface area contributed by atoms with E-state index in [4.69, 9.17) is 0 Å². The van der Waals surface area contributed by atoms with Gasteiger partial charge in [-0.05, 0) is 13.3 Å². The highest BCUT2D eigenvalue weighted by Crippen LogP contribution is 2.03. The Labute approximate surface area is 82.6 Å². The smallest absolute Gasteiger partial charge is 0.438 e. The molecule has 84 valence electrons. The van der Waals surface area contributed by atoms with E-state index in [1.165, 1.54) is 0 Å². The van der Waals surface area contributed by atoms with Crippen LogP contribution in [-0.4, -0.2) is 27.1 Å². The van der Waals surface area contributed by atoms with Crippen LogP contribution in [0.15, 0.2) is 0 Å². The molecule has 0 radical (unpaired) electrons. The summed E-state index contributed by atoms with van der Waals surface area (Å²) in [5.74, 6) is -0.889. The van der Waals surface area contributed by atoms with Gasteiger partial charge in [-0.2, -0.15) is 8.42 Å². The van der Waals surface area contributed by atoms with E-state index in [1.54, 1.807) is 0 Å². The van der Waals surface area contributed by atoms with Crippen LogP contribution in [0.25, 0.3) is 0 Å². The summed E-state index contributed by atoms with van der Waals surface area (Å²) in [4.78, 5) is 10.9. The average molecular weight is 228 g/mol. The number of carbonyl (C=O) groups is 1. The topological polar surface area (TPSA) is 69.7 Å². The molecule has 0 aliphatic rings.